The summed E-state index contributed by atoms with van der Waals surface area (Å²) < 4.78 is 0. The van der Waals surface area contributed by atoms with Gasteiger partial charge in [0.1, 0.15) is 0 Å². The standard InChI is InChI=1S/C13H17NO/c1-2-14-7-11-9-5-3-4-6-10(9)13(15)12(11)8-14/h3-6,11-13,15H,2,7-8H2,1H3. The van der Waals surface area contributed by atoms with Gasteiger partial charge in [0.2, 0.25) is 0 Å². The van der Waals surface area contributed by atoms with Crippen LogP contribution in [0.5, 0.6) is 0 Å². The minimum atomic E-state index is -0.234. The second-order valence-electron chi connectivity index (χ2n) is 4.70. The molecule has 1 aromatic carbocycles. The predicted molar refractivity (Wildman–Crippen MR) is 59.7 cm³/mol. The van der Waals surface area contributed by atoms with E-state index in [1.807, 2.05) is 6.07 Å². The Kier molecular flexibility index (Phi) is 2.08. The molecule has 1 saturated heterocycles. The van der Waals surface area contributed by atoms with Crippen LogP contribution in [0.2, 0.25) is 0 Å². The number of hydrogen-bond acceptors (Lipinski definition) is 2. The molecule has 0 spiro atoms. The minimum absolute atomic E-state index is 0.234. The van der Waals surface area contributed by atoms with Crippen LogP contribution in [0.3, 0.4) is 0 Å². The van der Waals surface area contributed by atoms with Crippen molar-refractivity contribution in [1.29, 1.82) is 0 Å². The molecule has 0 amide bonds. The average Bonchev–Trinajstić information content (AvgIpc) is 2.80. The summed E-state index contributed by atoms with van der Waals surface area (Å²) in [4.78, 5) is 2.44. The Morgan fingerprint density at radius 2 is 2.00 bits per heavy atom. The minimum Gasteiger partial charge on any atom is -0.388 e. The van der Waals surface area contributed by atoms with Crippen LogP contribution in [0.25, 0.3) is 0 Å². The summed E-state index contributed by atoms with van der Waals surface area (Å²) in [6, 6.07) is 8.38. The highest BCUT2D eigenvalue weighted by atomic mass is 16.3. The summed E-state index contributed by atoms with van der Waals surface area (Å²) in [5.41, 5.74) is 2.55. The molecule has 3 rings (SSSR count). The summed E-state index contributed by atoms with van der Waals surface area (Å²) in [6.45, 7) is 5.47. The first-order valence-electron chi connectivity index (χ1n) is 5.80. The highest BCUT2D eigenvalue weighted by Crippen LogP contribution is 2.48. The molecule has 2 heteroatoms. The van der Waals surface area contributed by atoms with Gasteiger partial charge < -0.3 is 10.0 Å². The quantitative estimate of drug-likeness (QED) is 0.752. The van der Waals surface area contributed by atoms with Gasteiger partial charge in [0, 0.05) is 24.9 Å². The highest BCUT2D eigenvalue weighted by molar-refractivity contribution is 5.40. The van der Waals surface area contributed by atoms with E-state index in [9.17, 15) is 5.11 Å². The summed E-state index contributed by atoms with van der Waals surface area (Å²) in [5.74, 6) is 0.999. The van der Waals surface area contributed by atoms with E-state index in [4.69, 9.17) is 0 Å². The fraction of sp³-hybridized carbons (Fsp3) is 0.538. The van der Waals surface area contributed by atoms with E-state index < -0.39 is 0 Å². The molecule has 1 aliphatic carbocycles. The molecule has 0 bridgehead atoms. The lowest BCUT2D eigenvalue weighted by Gasteiger charge is -2.16. The molecule has 0 aromatic heterocycles. The van der Waals surface area contributed by atoms with E-state index >= 15 is 0 Å². The van der Waals surface area contributed by atoms with Gasteiger partial charge in [0.25, 0.3) is 0 Å². The molecule has 80 valence electrons. The molecule has 1 aromatic rings. The number of hydrogen-bond donors (Lipinski definition) is 1. The molecule has 3 unspecified atom stereocenters. The molecule has 0 saturated carbocycles. The van der Waals surface area contributed by atoms with Gasteiger partial charge in [-0.05, 0) is 17.7 Å². The molecule has 3 atom stereocenters. The zero-order valence-corrected chi connectivity index (χ0v) is 9.06. The largest absolute Gasteiger partial charge is 0.388 e. The Balaban J connectivity index is 1.98. The lowest BCUT2D eigenvalue weighted by molar-refractivity contribution is 0.119. The smallest absolute Gasteiger partial charge is 0.0839 e. The maximum Gasteiger partial charge on any atom is 0.0839 e. The van der Waals surface area contributed by atoms with Crippen LogP contribution in [0.15, 0.2) is 24.3 Å². The monoisotopic (exact) mass is 203 g/mol. The number of nitrogens with zero attached hydrogens (tertiary/aromatic N) is 1. The second-order valence-corrected chi connectivity index (χ2v) is 4.70. The molecule has 1 heterocycles. The Morgan fingerprint density at radius 3 is 2.73 bits per heavy atom. The van der Waals surface area contributed by atoms with Crippen LogP contribution in [-0.4, -0.2) is 29.6 Å². The van der Waals surface area contributed by atoms with Gasteiger partial charge in [-0.1, -0.05) is 31.2 Å². The highest BCUT2D eigenvalue weighted by Gasteiger charge is 2.44. The molecule has 2 nitrogen and oxygen atoms in total. The van der Waals surface area contributed by atoms with Crippen molar-refractivity contribution < 1.29 is 5.11 Å². The molecular weight excluding hydrogens is 186 g/mol. The topological polar surface area (TPSA) is 23.5 Å². The molecule has 1 N–H and O–H groups in total. The predicted octanol–water partition coefficient (Wildman–Crippen LogP) is 1.77. The van der Waals surface area contributed by atoms with Gasteiger partial charge in [-0.25, -0.2) is 0 Å². The van der Waals surface area contributed by atoms with Crippen molar-refractivity contribution in [2.45, 2.75) is 18.9 Å². The van der Waals surface area contributed by atoms with Crippen LogP contribution in [-0.2, 0) is 0 Å². The molecule has 15 heavy (non-hydrogen) atoms. The van der Waals surface area contributed by atoms with Crippen LogP contribution < -0.4 is 0 Å². The molecular formula is C13H17NO. The first-order valence-corrected chi connectivity index (χ1v) is 5.80. The van der Waals surface area contributed by atoms with Crippen molar-refractivity contribution in [3.8, 4) is 0 Å². The number of fused-ring (bicyclic) bond motifs is 3. The third kappa shape index (κ3) is 1.25. The third-order valence-corrected chi connectivity index (χ3v) is 4.01. The van der Waals surface area contributed by atoms with Crippen molar-refractivity contribution in [2.24, 2.45) is 5.92 Å². The second kappa shape index (κ2) is 3.32. The van der Waals surface area contributed by atoms with Crippen LogP contribution in [0.1, 0.15) is 30.1 Å². The molecule has 1 fully saturated rings. The van der Waals surface area contributed by atoms with Gasteiger partial charge in [0.15, 0.2) is 0 Å². The number of rotatable bonds is 1. The first-order chi connectivity index (χ1) is 7.31. The average molecular weight is 203 g/mol. The van der Waals surface area contributed by atoms with Crippen molar-refractivity contribution in [3.05, 3.63) is 35.4 Å². The van der Waals surface area contributed by atoms with Gasteiger partial charge in [-0.3, -0.25) is 0 Å². The van der Waals surface area contributed by atoms with E-state index in [1.54, 1.807) is 0 Å². The maximum absolute atomic E-state index is 10.2. The maximum atomic E-state index is 10.2. The van der Waals surface area contributed by atoms with Crippen molar-refractivity contribution >= 4 is 0 Å². The molecule has 1 aliphatic heterocycles. The van der Waals surface area contributed by atoms with Gasteiger partial charge in [-0.2, -0.15) is 0 Å². The molecule has 0 radical (unpaired) electrons. The van der Waals surface area contributed by atoms with E-state index in [2.05, 4.69) is 30.0 Å². The zero-order valence-electron chi connectivity index (χ0n) is 9.06. The third-order valence-electron chi connectivity index (χ3n) is 4.01. The molecule has 2 aliphatic rings. The fourth-order valence-electron chi connectivity index (χ4n) is 3.17. The van der Waals surface area contributed by atoms with Crippen LogP contribution >= 0.6 is 0 Å². The Morgan fingerprint density at radius 1 is 1.27 bits per heavy atom. The lowest BCUT2D eigenvalue weighted by Crippen LogP contribution is -2.22. The van der Waals surface area contributed by atoms with Crippen molar-refractivity contribution in [3.63, 3.8) is 0 Å². The normalized spacial score (nSPS) is 34.1. The van der Waals surface area contributed by atoms with Gasteiger partial charge in [0.05, 0.1) is 6.10 Å². The Labute approximate surface area is 90.5 Å². The summed E-state index contributed by atoms with van der Waals surface area (Å²) in [5, 5.41) is 10.2. The Bertz CT molecular complexity index is 377. The first kappa shape index (κ1) is 9.37. The SMILES string of the molecule is CCN1CC2c3ccccc3C(O)C2C1. The van der Waals surface area contributed by atoms with Gasteiger partial charge >= 0.3 is 0 Å². The number of likely N-dealkylation sites (N-methyl/N-ethyl adjacent to an activating group) is 1. The van der Waals surface area contributed by atoms with E-state index in [0.29, 0.717) is 11.8 Å². The lowest BCUT2D eigenvalue weighted by atomic mass is 9.96. The van der Waals surface area contributed by atoms with Crippen molar-refractivity contribution in [1.82, 2.24) is 4.90 Å². The van der Waals surface area contributed by atoms with Crippen LogP contribution in [0.4, 0.5) is 0 Å². The van der Waals surface area contributed by atoms with E-state index in [-0.39, 0.29) is 6.10 Å². The zero-order chi connectivity index (χ0) is 10.4. The van der Waals surface area contributed by atoms with Gasteiger partial charge in [-0.15, -0.1) is 0 Å². The van der Waals surface area contributed by atoms with Crippen molar-refractivity contribution in [2.75, 3.05) is 19.6 Å². The van der Waals surface area contributed by atoms with Crippen LogP contribution in [0, 0.1) is 5.92 Å². The number of aliphatic hydroxyl groups excluding tert-OH is 1. The number of benzene rings is 1. The summed E-state index contributed by atoms with van der Waals surface area (Å²) in [7, 11) is 0. The van der Waals surface area contributed by atoms with E-state index in [1.165, 1.54) is 11.1 Å². The number of aliphatic hydroxyl groups is 1. The van der Waals surface area contributed by atoms with E-state index in [0.717, 1.165) is 19.6 Å². The number of likely N-dealkylation sites (tertiary alicyclic amines) is 1. The summed E-state index contributed by atoms with van der Waals surface area (Å²) in [6.07, 6.45) is -0.234. The summed E-state index contributed by atoms with van der Waals surface area (Å²) >= 11 is 0. The Hall–Kier alpha value is -0.860. The fourth-order valence-corrected chi connectivity index (χ4v) is 3.17.